The van der Waals surface area contributed by atoms with Crippen LogP contribution >= 0.6 is 0 Å². The molecular formula is C13H25N3O3S. The molecule has 0 amide bonds. The second-order valence-electron chi connectivity index (χ2n) is 6.81. The lowest BCUT2D eigenvalue weighted by molar-refractivity contribution is 0.0123. The molecule has 0 aromatic carbocycles. The standard InChI is InChI=1S/C13H25N3O3S/c1-10(2)7-15(5)20(17,18)16-8-11(9-16)12-6-13(3,4)19-14-12/h10-11H,6-9H2,1-5H3. The zero-order chi connectivity index (χ0) is 15.1. The molecule has 0 bridgehead atoms. The van der Waals surface area contributed by atoms with Crippen molar-refractivity contribution in [2.75, 3.05) is 26.7 Å². The minimum absolute atomic E-state index is 0.207. The molecule has 20 heavy (non-hydrogen) atoms. The topological polar surface area (TPSA) is 62.2 Å². The quantitative estimate of drug-likeness (QED) is 0.769. The molecule has 1 fully saturated rings. The molecule has 1 saturated heterocycles. The van der Waals surface area contributed by atoms with E-state index >= 15 is 0 Å². The summed E-state index contributed by atoms with van der Waals surface area (Å²) in [5.74, 6) is 0.527. The van der Waals surface area contributed by atoms with E-state index in [9.17, 15) is 8.42 Å². The Bertz CT molecular complexity index is 493. The zero-order valence-corrected chi connectivity index (χ0v) is 13.8. The van der Waals surface area contributed by atoms with Crippen molar-refractivity contribution in [2.24, 2.45) is 17.0 Å². The molecule has 2 heterocycles. The van der Waals surface area contributed by atoms with Crippen LogP contribution in [0.1, 0.15) is 34.1 Å². The fourth-order valence-electron chi connectivity index (χ4n) is 2.54. The smallest absolute Gasteiger partial charge is 0.281 e. The Morgan fingerprint density at radius 2 is 2.05 bits per heavy atom. The summed E-state index contributed by atoms with van der Waals surface area (Å²) in [5.41, 5.74) is 0.747. The highest BCUT2D eigenvalue weighted by atomic mass is 32.2. The third-order valence-corrected chi connectivity index (χ3v) is 5.57. The number of nitrogens with zero attached hydrogens (tertiary/aromatic N) is 3. The van der Waals surface area contributed by atoms with E-state index in [1.807, 2.05) is 27.7 Å². The van der Waals surface area contributed by atoms with Gasteiger partial charge >= 0.3 is 0 Å². The summed E-state index contributed by atoms with van der Waals surface area (Å²) in [7, 11) is -1.68. The Balaban J connectivity index is 1.90. The van der Waals surface area contributed by atoms with Crippen molar-refractivity contribution in [2.45, 2.75) is 39.7 Å². The van der Waals surface area contributed by atoms with Crippen LogP contribution in [0.3, 0.4) is 0 Å². The predicted molar refractivity (Wildman–Crippen MR) is 78.7 cm³/mol. The lowest BCUT2D eigenvalue weighted by Gasteiger charge is -2.40. The zero-order valence-electron chi connectivity index (χ0n) is 13.0. The number of hydrogen-bond donors (Lipinski definition) is 0. The van der Waals surface area contributed by atoms with Gasteiger partial charge in [0.15, 0.2) is 0 Å². The summed E-state index contributed by atoms with van der Waals surface area (Å²) in [5, 5.41) is 4.10. The SMILES string of the molecule is CC(C)CN(C)S(=O)(=O)N1CC(C2=NOC(C)(C)C2)C1. The minimum Gasteiger partial charge on any atom is -0.389 e. The molecule has 0 aromatic heterocycles. The molecule has 2 aliphatic heterocycles. The van der Waals surface area contributed by atoms with Gasteiger partial charge in [0.1, 0.15) is 5.60 Å². The van der Waals surface area contributed by atoms with Gasteiger partial charge in [0, 0.05) is 39.0 Å². The first-order chi connectivity index (χ1) is 9.12. The maximum Gasteiger partial charge on any atom is 0.281 e. The van der Waals surface area contributed by atoms with Crippen molar-refractivity contribution in [3.8, 4) is 0 Å². The molecule has 0 N–H and O–H groups in total. The molecule has 116 valence electrons. The van der Waals surface area contributed by atoms with E-state index in [0.29, 0.717) is 25.6 Å². The fraction of sp³-hybridized carbons (Fsp3) is 0.923. The van der Waals surface area contributed by atoms with E-state index in [1.54, 1.807) is 7.05 Å². The Morgan fingerprint density at radius 1 is 1.45 bits per heavy atom. The van der Waals surface area contributed by atoms with Crippen molar-refractivity contribution in [1.29, 1.82) is 0 Å². The average molecular weight is 303 g/mol. The molecule has 7 heteroatoms. The van der Waals surface area contributed by atoms with Crippen LogP contribution in [0.2, 0.25) is 0 Å². The van der Waals surface area contributed by atoms with Crippen molar-refractivity contribution in [3.63, 3.8) is 0 Å². The first kappa shape index (κ1) is 15.7. The molecule has 0 unspecified atom stereocenters. The van der Waals surface area contributed by atoms with Crippen LogP contribution in [-0.4, -0.2) is 55.0 Å². The van der Waals surface area contributed by atoms with Crippen LogP contribution in [0.15, 0.2) is 5.16 Å². The van der Waals surface area contributed by atoms with E-state index in [1.165, 1.54) is 8.61 Å². The Labute approximate surface area is 121 Å². The van der Waals surface area contributed by atoms with Gasteiger partial charge in [-0.2, -0.15) is 17.0 Å². The van der Waals surface area contributed by atoms with Crippen LogP contribution in [0, 0.1) is 11.8 Å². The van der Waals surface area contributed by atoms with Crippen molar-refractivity contribution in [3.05, 3.63) is 0 Å². The molecule has 2 rings (SSSR count). The van der Waals surface area contributed by atoms with Crippen LogP contribution in [0.5, 0.6) is 0 Å². The largest absolute Gasteiger partial charge is 0.389 e. The Hall–Kier alpha value is -0.660. The lowest BCUT2D eigenvalue weighted by Crippen LogP contribution is -2.56. The van der Waals surface area contributed by atoms with Gasteiger partial charge in [-0.3, -0.25) is 0 Å². The van der Waals surface area contributed by atoms with Crippen LogP contribution in [-0.2, 0) is 15.0 Å². The summed E-state index contributed by atoms with van der Waals surface area (Å²) in [6, 6.07) is 0. The fourth-order valence-corrected chi connectivity index (χ4v) is 4.16. The van der Waals surface area contributed by atoms with Gasteiger partial charge < -0.3 is 4.84 Å². The van der Waals surface area contributed by atoms with E-state index in [2.05, 4.69) is 5.16 Å². The van der Waals surface area contributed by atoms with E-state index in [0.717, 1.165) is 12.1 Å². The second kappa shape index (κ2) is 5.27. The third-order valence-electron chi connectivity index (χ3n) is 3.68. The maximum atomic E-state index is 12.3. The molecule has 0 saturated carbocycles. The number of rotatable bonds is 5. The van der Waals surface area contributed by atoms with Crippen LogP contribution in [0.4, 0.5) is 0 Å². The predicted octanol–water partition coefficient (Wildman–Crippen LogP) is 1.31. The second-order valence-corrected chi connectivity index (χ2v) is 8.84. The summed E-state index contributed by atoms with van der Waals surface area (Å²) in [6.45, 7) is 9.59. The summed E-state index contributed by atoms with van der Waals surface area (Å²) < 4.78 is 27.6. The molecule has 0 aliphatic carbocycles. The number of hydrogen-bond acceptors (Lipinski definition) is 4. The van der Waals surface area contributed by atoms with Gasteiger partial charge in [-0.05, 0) is 19.8 Å². The lowest BCUT2D eigenvalue weighted by atomic mass is 9.90. The van der Waals surface area contributed by atoms with Crippen molar-refractivity contribution >= 4 is 15.9 Å². The third kappa shape index (κ3) is 3.15. The van der Waals surface area contributed by atoms with Gasteiger partial charge in [0.25, 0.3) is 10.2 Å². The van der Waals surface area contributed by atoms with Crippen molar-refractivity contribution < 1.29 is 13.3 Å². The van der Waals surface area contributed by atoms with Gasteiger partial charge in [-0.1, -0.05) is 19.0 Å². The molecule has 6 nitrogen and oxygen atoms in total. The van der Waals surface area contributed by atoms with E-state index < -0.39 is 10.2 Å². The minimum atomic E-state index is -3.32. The molecule has 0 radical (unpaired) electrons. The first-order valence-electron chi connectivity index (χ1n) is 7.08. The molecule has 0 atom stereocenters. The summed E-state index contributed by atoms with van der Waals surface area (Å²) >= 11 is 0. The van der Waals surface area contributed by atoms with Crippen LogP contribution in [0.25, 0.3) is 0 Å². The van der Waals surface area contributed by atoms with Gasteiger partial charge in [0.2, 0.25) is 0 Å². The van der Waals surface area contributed by atoms with Crippen molar-refractivity contribution in [1.82, 2.24) is 8.61 Å². The summed E-state index contributed by atoms with van der Waals surface area (Å²) in [6.07, 6.45) is 0.785. The summed E-state index contributed by atoms with van der Waals surface area (Å²) in [4.78, 5) is 5.34. The highest BCUT2D eigenvalue weighted by molar-refractivity contribution is 7.86. The Kier molecular flexibility index (Phi) is 4.15. The van der Waals surface area contributed by atoms with Gasteiger partial charge in [0.05, 0.1) is 5.71 Å². The normalized spacial score (nSPS) is 23.9. The maximum absolute atomic E-state index is 12.3. The molecular weight excluding hydrogens is 278 g/mol. The average Bonchev–Trinajstić information content (AvgIpc) is 2.54. The van der Waals surface area contributed by atoms with E-state index in [4.69, 9.17) is 4.84 Å². The van der Waals surface area contributed by atoms with Gasteiger partial charge in [-0.15, -0.1) is 0 Å². The monoisotopic (exact) mass is 303 g/mol. The van der Waals surface area contributed by atoms with Gasteiger partial charge in [-0.25, -0.2) is 0 Å². The first-order valence-corrected chi connectivity index (χ1v) is 8.48. The number of oxime groups is 1. The molecule has 2 aliphatic rings. The highest BCUT2D eigenvalue weighted by Gasteiger charge is 2.43. The highest BCUT2D eigenvalue weighted by Crippen LogP contribution is 2.31. The van der Waals surface area contributed by atoms with Crippen LogP contribution < -0.4 is 0 Å². The molecule has 0 spiro atoms. The van der Waals surface area contributed by atoms with E-state index in [-0.39, 0.29) is 11.5 Å². The Morgan fingerprint density at radius 3 is 2.50 bits per heavy atom. The molecule has 0 aromatic rings.